The molecular weight excluding hydrogens is 905 g/mol. The molecular formula is C47H63F2N7O11Si. The van der Waals surface area contributed by atoms with Gasteiger partial charge in [0.25, 0.3) is 11.8 Å². The zero-order chi connectivity index (χ0) is 50.2. The first-order chi connectivity index (χ1) is 32.1. The van der Waals surface area contributed by atoms with Crippen LogP contribution >= 0.6 is 0 Å². The van der Waals surface area contributed by atoms with Crippen LogP contribution in [0.3, 0.4) is 0 Å². The molecule has 1 saturated heterocycles. The van der Waals surface area contributed by atoms with Gasteiger partial charge in [-0.05, 0) is 54.1 Å². The maximum absolute atomic E-state index is 15.2. The number of nitrogens with one attached hydrogen (secondary N) is 4. The number of alkyl carbamates (subject to hydrolysis) is 1. The van der Waals surface area contributed by atoms with Crippen LogP contribution in [-0.4, -0.2) is 121 Å². The van der Waals surface area contributed by atoms with Crippen molar-refractivity contribution in [3.63, 3.8) is 0 Å². The normalized spacial score (nSPS) is 13.6. The van der Waals surface area contributed by atoms with Crippen molar-refractivity contribution in [2.45, 2.75) is 104 Å². The molecule has 4 rings (SSSR count). The molecule has 1 fully saturated rings. The van der Waals surface area contributed by atoms with Crippen LogP contribution in [0.5, 0.6) is 0 Å². The Hall–Kier alpha value is -6.48. The Balaban J connectivity index is 1.45. The molecule has 68 heavy (non-hydrogen) atoms. The summed E-state index contributed by atoms with van der Waals surface area (Å²) in [5, 5.41) is 21.0. The molecule has 2 aromatic carbocycles. The van der Waals surface area contributed by atoms with Gasteiger partial charge in [-0.3, -0.25) is 28.8 Å². The standard InChI is InChI=1S/C47H63F2N7O11Si/c1-47(2,3)44(37-25-32(34-26-33(48)15-16-35(34)49)29-54(37)28-31-11-8-7-9-12-31)55(42(62)30-57)22-19-36(53-46(65)66-23-24-68(4,5)6)45(64)51-21-20-50-39(59)27-52-38(58)13-10-14-43(63)67-56-40(60)17-18-41(56)61/h7-9,11-12,15-16,25-26,29,36,44,57H,10,13-14,17-24,27-28,30H2,1-6H3,(H,50,59)(H,51,64)(H,52,58)(H,53,65)/t36-,44-/m0/s1. The molecule has 0 radical (unpaired) electrons. The highest BCUT2D eigenvalue weighted by molar-refractivity contribution is 6.76. The van der Waals surface area contributed by atoms with E-state index in [2.05, 4.69) is 40.9 Å². The molecule has 18 nitrogen and oxygen atoms in total. The minimum absolute atomic E-state index is 0.00576. The second-order valence-electron chi connectivity index (χ2n) is 18.7. The van der Waals surface area contributed by atoms with Crippen LogP contribution in [0, 0.1) is 17.0 Å². The number of hydrogen-bond acceptors (Lipinski definition) is 11. The molecule has 0 bridgehead atoms. The number of hydroxylamine groups is 2. The monoisotopic (exact) mass is 967 g/mol. The number of carbonyl (C=O) groups is 8. The van der Waals surface area contributed by atoms with Crippen LogP contribution in [0.1, 0.15) is 76.6 Å². The maximum Gasteiger partial charge on any atom is 0.407 e. The van der Waals surface area contributed by atoms with Crippen molar-refractivity contribution in [2.75, 3.05) is 39.4 Å². The number of aliphatic hydroxyl groups excluding tert-OH is 1. The molecule has 1 aromatic heterocycles. The fraction of sp³-hybridized carbons (Fsp3) is 0.489. The van der Waals surface area contributed by atoms with Gasteiger partial charge in [-0.1, -0.05) is 70.7 Å². The molecule has 5 N–H and O–H groups in total. The predicted molar refractivity (Wildman–Crippen MR) is 247 cm³/mol. The van der Waals surface area contributed by atoms with Crippen molar-refractivity contribution in [2.24, 2.45) is 5.41 Å². The van der Waals surface area contributed by atoms with Crippen LogP contribution < -0.4 is 21.3 Å². The van der Waals surface area contributed by atoms with E-state index in [9.17, 15) is 47.9 Å². The molecule has 2 atom stereocenters. The van der Waals surface area contributed by atoms with E-state index in [0.717, 1.165) is 23.8 Å². The van der Waals surface area contributed by atoms with Gasteiger partial charge < -0.3 is 45.4 Å². The van der Waals surface area contributed by atoms with E-state index in [1.54, 1.807) is 12.3 Å². The van der Waals surface area contributed by atoms with Gasteiger partial charge in [-0.2, -0.15) is 0 Å². The fourth-order valence-electron chi connectivity index (χ4n) is 7.31. The molecule has 0 aliphatic carbocycles. The highest BCUT2D eigenvalue weighted by Gasteiger charge is 2.38. The highest BCUT2D eigenvalue weighted by Crippen LogP contribution is 2.41. The summed E-state index contributed by atoms with van der Waals surface area (Å²) >= 11 is 0. The van der Waals surface area contributed by atoms with Gasteiger partial charge in [0.05, 0.1) is 19.2 Å². The van der Waals surface area contributed by atoms with Crippen molar-refractivity contribution >= 4 is 55.6 Å². The molecule has 7 amide bonds. The van der Waals surface area contributed by atoms with Crippen LogP contribution in [0.15, 0.2) is 60.8 Å². The zero-order valence-corrected chi connectivity index (χ0v) is 40.5. The number of carbonyl (C=O) groups excluding carboxylic acids is 8. The summed E-state index contributed by atoms with van der Waals surface area (Å²) in [4.78, 5) is 107. The first kappa shape index (κ1) is 54.1. The summed E-state index contributed by atoms with van der Waals surface area (Å²) in [7, 11) is -1.60. The van der Waals surface area contributed by atoms with Gasteiger partial charge in [-0.15, -0.1) is 5.06 Å². The molecule has 0 unspecified atom stereocenters. The number of nitrogens with zero attached hydrogens (tertiary/aromatic N) is 3. The number of halogens is 2. The largest absolute Gasteiger partial charge is 0.450 e. The number of ether oxygens (including phenoxy) is 1. The van der Waals surface area contributed by atoms with E-state index in [0.29, 0.717) is 22.4 Å². The van der Waals surface area contributed by atoms with E-state index < -0.39 is 97.9 Å². The highest BCUT2D eigenvalue weighted by atomic mass is 28.3. The van der Waals surface area contributed by atoms with E-state index in [4.69, 9.17) is 9.57 Å². The lowest BCUT2D eigenvalue weighted by molar-refractivity contribution is -0.197. The Bertz CT molecular complexity index is 2270. The molecule has 3 aromatic rings. The van der Waals surface area contributed by atoms with E-state index in [-0.39, 0.29) is 76.9 Å². The third-order valence-electron chi connectivity index (χ3n) is 10.8. The van der Waals surface area contributed by atoms with E-state index in [1.807, 2.05) is 55.7 Å². The van der Waals surface area contributed by atoms with E-state index >= 15 is 4.39 Å². The molecule has 0 spiro atoms. The Morgan fingerprint density at radius 1 is 0.882 bits per heavy atom. The first-order valence-corrected chi connectivity index (χ1v) is 26.2. The van der Waals surface area contributed by atoms with Crippen LogP contribution in [0.25, 0.3) is 11.1 Å². The quantitative estimate of drug-likeness (QED) is 0.0481. The van der Waals surface area contributed by atoms with Gasteiger partial charge in [-0.25, -0.2) is 18.4 Å². The number of rotatable bonds is 24. The van der Waals surface area contributed by atoms with Gasteiger partial charge in [0.1, 0.15) is 24.3 Å². The second-order valence-corrected chi connectivity index (χ2v) is 24.3. The Morgan fingerprint density at radius 2 is 1.56 bits per heavy atom. The summed E-state index contributed by atoms with van der Waals surface area (Å²) in [6, 6.07) is 12.8. The number of imide groups is 1. The minimum atomic E-state index is -1.60. The average molecular weight is 968 g/mol. The SMILES string of the molecule is CC(C)(C)[C@H](c1cc(-c2cc(F)ccc2F)cn1Cc1ccccc1)N(CC[C@H](NC(=O)OCC[Si](C)(C)C)C(=O)NCCNC(=O)CNC(=O)CCCC(=O)ON1C(=O)CCC1=O)C(=O)CO. The molecule has 0 saturated carbocycles. The third kappa shape index (κ3) is 17.0. The Morgan fingerprint density at radius 3 is 2.21 bits per heavy atom. The lowest BCUT2D eigenvalue weighted by Crippen LogP contribution is -2.51. The van der Waals surface area contributed by atoms with Crippen molar-refractivity contribution in [1.82, 2.24) is 35.8 Å². The van der Waals surface area contributed by atoms with Crippen LogP contribution in [0.2, 0.25) is 25.7 Å². The van der Waals surface area contributed by atoms with Gasteiger partial charge in [0.15, 0.2) is 0 Å². The molecule has 1 aliphatic rings. The summed E-state index contributed by atoms with van der Waals surface area (Å²) in [6.07, 6.45) is 0.170. The predicted octanol–water partition coefficient (Wildman–Crippen LogP) is 4.34. The maximum atomic E-state index is 15.2. The summed E-state index contributed by atoms with van der Waals surface area (Å²) in [5.74, 6) is -5.91. The molecule has 21 heteroatoms. The zero-order valence-electron chi connectivity index (χ0n) is 39.5. The van der Waals surface area contributed by atoms with Crippen molar-refractivity contribution < 1.29 is 61.8 Å². The molecule has 1 aliphatic heterocycles. The number of hydrogen-bond donors (Lipinski definition) is 5. The van der Waals surface area contributed by atoms with Gasteiger partial charge in [0, 0.05) is 83.0 Å². The number of benzene rings is 2. The average Bonchev–Trinajstić information content (AvgIpc) is 3.82. The third-order valence-corrected chi connectivity index (χ3v) is 12.5. The van der Waals surface area contributed by atoms with Crippen molar-refractivity contribution in [3.8, 4) is 11.1 Å². The summed E-state index contributed by atoms with van der Waals surface area (Å²) in [6.45, 7) is 10.7. The number of aromatic nitrogens is 1. The summed E-state index contributed by atoms with van der Waals surface area (Å²) in [5.41, 5.74) is 1.000. The number of aliphatic hydroxyl groups is 1. The van der Waals surface area contributed by atoms with Crippen LogP contribution in [0.4, 0.5) is 13.6 Å². The van der Waals surface area contributed by atoms with Gasteiger partial charge >= 0.3 is 12.1 Å². The second kappa shape index (κ2) is 25.0. The molecule has 2 heterocycles. The number of amides is 7. The topological polar surface area (TPSA) is 235 Å². The lowest BCUT2D eigenvalue weighted by atomic mass is 9.82. The van der Waals surface area contributed by atoms with Crippen LogP contribution in [-0.2, 0) is 49.7 Å². The van der Waals surface area contributed by atoms with E-state index in [1.165, 1.54) is 4.90 Å². The fourth-order valence-corrected chi connectivity index (χ4v) is 8.02. The lowest BCUT2D eigenvalue weighted by Gasteiger charge is -2.41. The van der Waals surface area contributed by atoms with Crippen molar-refractivity contribution in [1.29, 1.82) is 0 Å². The van der Waals surface area contributed by atoms with Gasteiger partial charge in [0.2, 0.25) is 23.6 Å². The van der Waals surface area contributed by atoms with Crippen molar-refractivity contribution in [3.05, 3.63) is 83.7 Å². The minimum Gasteiger partial charge on any atom is -0.450 e. The Labute approximate surface area is 395 Å². The Kier molecular flexibility index (Phi) is 19.9. The first-order valence-electron chi connectivity index (χ1n) is 22.5. The molecule has 370 valence electrons. The smallest absolute Gasteiger partial charge is 0.407 e. The summed E-state index contributed by atoms with van der Waals surface area (Å²) < 4.78 is 37.0.